The number of benzene rings is 1. The van der Waals surface area contributed by atoms with Crippen LogP contribution in [0.4, 0.5) is 24.5 Å². The van der Waals surface area contributed by atoms with E-state index in [-0.39, 0.29) is 5.56 Å². The van der Waals surface area contributed by atoms with Crippen LogP contribution in [0.5, 0.6) is 0 Å². The van der Waals surface area contributed by atoms with Gasteiger partial charge in [0.05, 0.1) is 28.7 Å². The number of pyridine rings is 1. The molecule has 1 aromatic carbocycles. The van der Waals surface area contributed by atoms with Gasteiger partial charge in [0.25, 0.3) is 0 Å². The van der Waals surface area contributed by atoms with Crippen molar-refractivity contribution >= 4 is 11.4 Å². The van der Waals surface area contributed by atoms with E-state index in [0.29, 0.717) is 11.4 Å². The minimum absolute atomic E-state index is 0.0682. The summed E-state index contributed by atoms with van der Waals surface area (Å²) in [5.41, 5.74) is 0.915. The Morgan fingerprint density at radius 1 is 1.20 bits per heavy atom. The molecule has 0 saturated heterocycles. The highest BCUT2D eigenvalue weighted by Gasteiger charge is 2.31. The summed E-state index contributed by atoms with van der Waals surface area (Å²) in [5.74, 6) is 0. The fourth-order valence-electron chi connectivity index (χ4n) is 1.70. The van der Waals surface area contributed by atoms with E-state index in [0.717, 1.165) is 17.7 Å². The summed E-state index contributed by atoms with van der Waals surface area (Å²) in [7, 11) is 0. The van der Waals surface area contributed by atoms with Gasteiger partial charge in [0.2, 0.25) is 0 Å². The predicted molar refractivity (Wildman–Crippen MR) is 68.4 cm³/mol. The van der Waals surface area contributed by atoms with Crippen LogP contribution in [0.15, 0.2) is 36.7 Å². The largest absolute Gasteiger partial charge is 0.416 e. The molecular weight excluding hydrogens is 267 g/mol. The molecule has 6 heteroatoms. The number of aryl methyl sites for hydroxylation is 1. The summed E-state index contributed by atoms with van der Waals surface area (Å²) in [6, 6.07) is 6.55. The lowest BCUT2D eigenvalue weighted by Gasteiger charge is -2.11. The summed E-state index contributed by atoms with van der Waals surface area (Å²) in [6.07, 6.45) is -1.27. The van der Waals surface area contributed by atoms with Crippen molar-refractivity contribution in [1.29, 1.82) is 5.26 Å². The molecule has 0 atom stereocenters. The van der Waals surface area contributed by atoms with E-state index in [4.69, 9.17) is 5.26 Å². The van der Waals surface area contributed by atoms with Crippen molar-refractivity contribution in [2.75, 3.05) is 5.32 Å². The minimum Gasteiger partial charge on any atom is -0.353 e. The second-order valence-electron chi connectivity index (χ2n) is 4.25. The molecule has 102 valence electrons. The van der Waals surface area contributed by atoms with E-state index in [2.05, 4.69) is 10.3 Å². The highest BCUT2D eigenvalue weighted by molar-refractivity contribution is 5.67. The van der Waals surface area contributed by atoms with Crippen LogP contribution in [-0.4, -0.2) is 4.98 Å². The molecular formula is C14H10F3N3. The number of nitrogens with zero attached hydrogens (tertiary/aromatic N) is 2. The lowest BCUT2D eigenvalue weighted by molar-refractivity contribution is -0.137. The smallest absolute Gasteiger partial charge is 0.353 e. The van der Waals surface area contributed by atoms with Gasteiger partial charge in [-0.25, -0.2) is 0 Å². The van der Waals surface area contributed by atoms with Crippen molar-refractivity contribution in [1.82, 2.24) is 4.98 Å². The molecule has 2 rings (SSSR count). The first-order chi connectivity index (χ1) is 9.40. The molecule has 1 aromatic heterocycles. The van der Waals surface area contributed by atoms with Gasteiger partial charge in [0, 0.05) is 6.20 Å². The molecule has 3 nitrogen and oxygen atoms in total. The standard InChI is InChI=1S/C14H10F3N3/c1-9-4-12(8-19-7-9)20-13-3-2-11(14(15,16)17)5-10(13)6-18/h2-5,7-8,20H,1H3. The maximum atomic E-state index is 12.6. The Hall–Kier alpha value is -2.55. The van der Waals surface area contributed by atoms with Crippen molar-refractivity contribution in [2.45, 2.75) is 13.1 Å². The molecule has 20 heavy (non-hydrogen) atoms. The summed E-state index contributed by atoms with van der Waals surface area (Å²) in [5, 5.41) is 11.9. The van der Waals surface area contributed by atoms with Gasteiger partial charge in [-0.15, -0.1) is 0 Å². The van der Waals surface area contributed by atoms with E-state index in [9.17, 15) is 13.2 Å². The van der Waals surface area contributed by atoms with Crippen LogP contribution in [0, 0.1) is 18.3 Å². The Kier molecular flexibility index (Phi) is 3.61. The molecule has 0 radical (unpaired) electrons. The van der Waals surface area contributed by atoms with E-state index >= 15 is 0 Å². The molecule has 0 amide bonds. The van der Waals surface area contributed by atoms with E-state index in [1.54, 1.807) is 18.3 Å². The lowest BCUT2D eigenvalue weighted by atomic mass is 10.1. The Morgan fingerprint density at radius 2 is 1.95 bits per heavy atom. The van der Waals surface area contributed by atoms with Gasteiger partial charge in [-0.3, -0.25) is 4.98 Å². The van der Waals surface area contributed by atoms with Crippen molar-refractivity contribution < 1.29 is 13.2 Å². The van der Waals surface area contributed by atoms with Crippen LogP contribution < -0.4 is 5.32 Å². The van der Waals surface area contributed by atoms with Gasteiger partial charge in [-0.05, 0) is 36.8 Å². The van der Waals surface area contributed by atoms with Crippen LogP contribution >= 0.6 is 0 Å². The molecule has 0 bridgehead atoms. The van der Waals surface area contributed by atoms with Gasteiger partial charge < -0.3 is 5.32 Å². The van der Waals surface area contributed by atoms with Gasteiger partial charge in [-0.2, -0.15) is 18.4 Å². The number of halogens is 3. The number of hydrogen-bond donors (Lipinski definition) is 1. The van der Waals surface area contributed by atoms with Crippen molar-refractivity contribution in [3.63, 3.8) is 0 Å². The number of nitriles is 1. The quantitative estimate of drug-likeness (QED) is 0.901. The number of anilines is 2. The van der Waals surface area contributed by atoms with Gasteiger partial charge in [0.15, 0.2) is 0 Å². The Balaban J connectivity index is 2.36. The van der Waals surface area contributed by atoms with Crippen molar-refractivity contribution in [3.05, 3.63) is 53.3 Å². The van der Waals surface area contributed by atoms with Crippen LogP contribution in [0.3, 0.4) is 0 Å². The van der Waals surface area contributed by atoms with Gasteiger partial charge in [0.1, 0.15) is 6.07 Å². The van der Waals surface area contributed by atoms with Gasteiger partial charge >= 0.3 is 6.18 Å². The molecule has 0 spiro atoms. The average molecular weight is 277 g/mol. The average Bonchev–Trinajstić information content (AvgIpc) is 2.38. The molecule has 0 aliphatic heterocycles. The topological polar surface area (TPSA) is 48.7 Å². The molecule has 1 N–H and O–H groups in total. The number of aromatic nitrogens is 1. The zero-order valence-electron chi connectivity index (χ0n) is 10.5. The lowest BCUT2D eigenvalue weighted by Crippen LogP contribution is -2.06. The maximum absolute atomic E-state index is 12.6. The summed E-state index contributed by atoms with van der Waals surface area (Å²) >= 11 is 0. The van der Waals surface area contributed by atoms with Crippen molar-refractivity contribution in [2.24, 2.45) is 0 Å². The third-order valence-electron chi connectivity index (χ3n) is 2.62. The molecule has 0 saturated carbocycles. The fourth-order valence-corrected chi connectivity index (χ4v) is 1.70. The molecule has 0 aliphatic carbocycles. The van der Waals surface area contributed by atoms with Crippen molar-refractivity contribution in [3.8, 4) is 6.07 Å². The molecule has 0 fully saturated rings. The zero-order chi connectivity index (χ0) is 14.8. The fraction of sp³-hybridized carbons (Fsp3) is 0.143. The Morgan fingerprint density at radius 3 is 2.55 bits per heavy atom. The molecule has 0 unspecified atom stereocenters. The first kappa shape index (κ1) is 13.9. The highest BCUT2D eigenvalue weighted by Crippen LogP contribution is 2.32. The van der Waals surface area contributed by atoms with Crippen LogP contribution in [0.2, 0.25) is 0 Å². The number of nitrogens with one attached hydrogen (secondary N) is 1. The second-order valence-corrected chi connectivity index (χ2v) is 4.25. The minimum atomic E-state index is -4.46. The molecule has 1 heterocycles. The normalized spacial score (nSPS) is 10.9. The summed E-state index contributed by atoms with van der Waals surface area (Å²) < 4.78 is 37.7. The predicted octanol–water partition coefficient (Wildman–Crippen LogP) is 4.02. The second kappa shape index (κ2) is 5.21. The Labute approximate surface area is 113 Å². The highest BCUT2D eigenvalue weighted by atomic mass is 19.4. The SMILES string of the molecule is Cc1cncc(Nc2ccc(C(F)(F)F)cc2C#N)c1. The monoisotopic (exact) mass is 277 g/mol. The van der Waals surface area contributed by atoms with Gasteiger partial charge in [-0.1, -0.05) is 0 Å². The maximum Gasteiger partial charge on any atom is 0.416 e. The zero-order valence-corrected chi connectivity index (χ0v) is 10.5. The van der Waals surface area contributed by atoms with E-state index in [1.165, 1.54) is 12.3 Å². The summed E-state index contributed by atoms with van der Waals surface area (Å²) in [6.45, 7) is 1.84. The number of hydrogen-bond acceptors (Lipinski definition) is 3. The number of alkyl halides is 3. The third-order valence-corrected chi connectivity index (χ3v) is 2.62. The van der Waals surface area contributed by atoms with E-state index in [1.807, 2.05) is 6.92 Å². The van der Waals surface area contributed by atoms with Crippen LogP contribution in [0.1, 0.15) is 16.7 Å². The third kappa shape index (κ3) is 3.06. The number of rotatable bonds is 2. The van der Waals surface area contributed by atoms with Crippen LogP contribution in [0.25, 0.3) is 0 Å². The summed E-state index contributed by atoms with van der Waals surface area (Å²) in [4.78, 5) is 3.97. The first-order valence-corrected chi connectivity index (χ1v) is 5.70. The molecule has 2 aromatic rings. The Bertz CT molecular complexity index is 672. The first-order valence-electron chi connectivity index (χ1n) is 5.70. The molecule has 0 aliphatic rings. The van der Waals surface area contributed by atoms with E-state index < -0.39 is 11.7 Å². The van der Waals surface area contributed by atoms with Crippen LogP contribution in [-0.2, 0) is 6.18 Å².